The topological polar surface area (TPSA) is 89.5 Å². The van der Waals surface area contributed by atoms with Gasteiger partial charge in [-0.1, -0.05) is 0 Å². The van der Waals surface area contributed by atoms with Crippen LogP contribution in [0.15, 0.2) is 11.3 Å². The Labute approximate surface area is 65.2 Å². The number of carbonyl (C=O) groups excluding carboxylic acids is 2. The molecular weight excluding hydrogens is 168 g/mol. The van der Waals surface area contributed by atoms with Crippen molar-refractivity contribution < 1.29 is 24.2 Å². The molecule has 0 saturated heterocycles. The van der Waals surface area contributed by atoms with Gasteiger partial charge in [-0.3, -0.25) is 0 Å². The summed E-state index contributed by atoms with van der Waals surface area (Å²) in [5.74, 6) is -3.14. The summed E-state index contributed by atoms with van der Waals surface area (Å²) >= 11 is 0. The molecule has 5 nitrogen and oxygen atoms in total. The molecule has 0 unspecified atom stereocenters. The second-order valence-electron chi connectivity index (χ2n) is 1.47. The van der Waals surface area contributed by atoms with E-state index in [1.165, 1.54) is 7.11 Å². The molecule has 0 amide bonds. The summed E-state index contributed by atoms with van der Waals surface area (Å²) in [6.45, 7) is 0. The molecule has 0 aliphatic heterocycles. The predicted molar refractivity (Wildman–Crippen MR) is 30.9 cm³/mol. The molecule has 0 spiro atoms. The zero-order valence-electron chi connectivity index (χ0n) is 5.62. The highest BCUT2D eigenvalue weighted by molar-refractivity contribution is 6.47. The third-order valence-corrected chi connectivity index (χ3v) is 1.47. The minimum atomic E-state index is -1.58. The second kappa shape index (κ2) is 4.64. The average molecular weight is 172 g/mol. The molecule has 60 valence electrons. The van der Waals surface area contributed by atoms with E-state index in [0.29, 0.717) is 6.08 Å². The van der Waals surface area contributed by atoms with Gasteiger partial charge in [-0.2, -0.15) is 0 Å². The fourth-order valence-corrected chi connectivity index (χ4v) is 0.838. The van der Waals surface area contributed by atoms with Gasteiger partial charge < -0.3 is 24.2 Å². The summed E-state index contributed by atoms with van der Waals surface area (Å²) in [5.41, 5.74) is 0. The van der Waals surface area contributed by atoms with Gasteiger partial charge in [-0.15, -0.1) is 0 Å². The van der Waals surface area contributed by atoms with E-state index in [1.807, 2.05) is 0 Å². The fourth-order valence-electron chi connectivity index (χ4n) is 0.358. The van der Waals surface area contributed by atoms with Crippen molar-refractivity contribution in [2.24, 2.45) is 0 Å². The van der Waals surface area contributed by atoms with Gasteiger partial charge in [0.05, 0.1) is 11.9 Å². The number of rotatable bonds is 4. The molecule has 0 N–H and O–H groups in total. The molecule has 11 heavy (non-hydrogen) atoms. The van der Waals surface area contributed by atoms with Crippen LogP contribution in [0.2, 0.25) is 0 Å². The van der Waals surface area contributed by atoms with Crippen molar-refractivity contribution in [2.75, 3.05) is 7.11 Å². The van der Waals surface area contributed by atoms with Gasteiger partial charge in [0.25, 0.3) is 9.76 Å². The van der Waals surface area contributed by atoms with Crippen molar-refractivity contribution in [3.8, 4) is 0 Å². The zero-order chi connectivity index (χ0) is 8.85. The summed E-state index contributed by atoms with van der Waals surface area (Å²) in [5, 5.41) is 19.5. The fraction of sp³-hybridized carbons (Fsp3) is 0.200. The zero-order valence-corrected chi connectivity index (χ0v) is 6.62. The van der Waals surface area contributed by atoms with Crippen molar-refractivity contribution in [1.29, 1.82) is 0 Å². The Morgan fingerprint density at radius 3 is 2.27 bits per heavy atom. The predicted octanol–water partition coefficient (Wildman–Crippen LogP) is -3.36. The Hall–Kier alpha value is -1.14. The molecule has 0 aromatic heterocycles. The van der Waals surface area contributed by atoms with Gasteiger partial charge in [0.15, 0.2) is 0 Å². The van der Waals surface area contributed by atoms with E-state index in [9.17, 15) is 19.8 Å². The number of aliphatic carboxylic acids is 2. The Bertz CT molecular complexity index is 197. The van der Waals surface area contributed by atoms with Crippen LogP contribution in [0.25, 0.3) is 0 Å². The largest absolute Gasteiger partial charge is 0.546 e. The first-order chi connectivity index (χ1) is 5.07. The average Bonchev–Trinajstić information content (AvgIpc) is 1.86. The molecule has 0 aromatic carbocycles. The van der Waals surface area contributed by atoms with Crippen molar-refractivity contribution in [2.45, 2.75) is 0 Å². The molecule has 0 heterocycles. The molecule has 0 fully saturated rings. The Kier molecular flexibility index (Phi) is 4.16. The summed E-state index contributed by atoms with van der Waals surface area (Å²) in [4.78, 5) is 19.9. The van der Waals surface area contributed by atoms with E-state index in [4.69, 9.17) is 0 Å². The standard InChI is InChI=1S/C5H6O5Si/c1-10-11-3(5(8)9)2-4(6)7/h2H,1H3,(H,6,7)(H,8,9)/p-2/b3-2+. The van der Waals surface area contributed by atoms with E-state index in [-0.39, 0.29) is 0 Å². The van der Waals surface area contributed by atoms with Crippen LogP contribution in [-0.2, 0) is 14.0 Å². The molecular formula is C5H4O5Si-2. The lowest BCUT2D eigenvalue weighted by atomic mass is 10.5. The third kappa shape index (κ3) is 4.29. The smallest absolute Gasteiger partial charge is 0.270 e. The van der Waals surface area contributed by atoms with Gasteiger partial charge in [-0.25, -0.2) is 0 Å². The van der Waals surface area contributed by atoms with Crippen molar-refractivity contribution >= 4 is 21.7 Å². The number of hydrogen-bond donors (Lipinski definition) is 0. The number of carbonyl (C=O) groups is 2. The van der Waals surface area contributed by atoms with Gasteiger partial charge in [0.1, 0.15) is 0 Å². The Morgan fingerprint density at radius 1 is 1.45 bits per heavy atom. The van der Waals surface area contributed by atoms with Crippen LogP contribution in [0.5, 0.6) is 0 Å². The van der Waals surface area contributed by atoms with Crippen LogP contribution in [0.1, 0.15) is 0 Å². The highest BCUT2D eigenvalue weighted by Crippen LogP contribution is 1.88. The van der Waals surface area contributed by atoms with Crippen LogP contribution in [0.3, 0.4) is 0 Å². The lowest BCUT2D eigenvalue weighted by molar-refractivity contribution is -0.302. The van der Waals surface area contributed by atoms with E-state index >= 15 is 0 Å². The minimum absolute atomic E-state index is 0.424. The monoisotopic (exact) mass is 172 g/mol. The molecule has 0 bridgehead atoms. The first-order valence-electron chi connectivity index (χ1n) is 2.51. The number of carboxylic acids is 2. The first-order valence-corrected chi connectivity index (χ1v) is 3.41. The van der Waals surface area contributed by atoms with Crippen LogP contribution >= 0.6 is 0 Å². The summed E-state index contributed by atoms with van der Waals surface area (Å²) < 4.78 is 4.41. The Balaban J connectivity index is 4.32. The molecule has 2 radical (unpaired) electrons. The molecule has 0 aliphatic carbocycles. The molecule has 0 saturated carbocycles. The molecule has 0 aromatic rings. The Morgan fingerprint density at radius 2 is 2.00 bits per heavy atom. The normalized spacial score (nSPS) is 11.2. The van der Waals surface area contributed by atoms with E-state index in [0.717, 1.165) is 0 Å². The molecule has 0 atom stereocenters. The number of carboxylic acid groups (broad SMARTS) is 2. The van der Waals surface area contributed by atoms with Crippen LogP contribution < -0.4 is 10.2 Å². The minimum Gasteiger partial charge on any atom is -0.546 e. The third-order valence-electron chi connectivity index (χ3n) is 0.694. The van der Waals surface area contributed by atoms with Gasteiger partial charge in [0, 0.05) is 7.11 Å². The quantitative estimate of drug-likeness (QED) is 0.326. The number of hydrogen-bond acceptors (Lipinski definition) is 5. The van der Waals surface area contributed by atoms with E-state index < -0.39 is 26.9 Å². The highest BCUT2D eigenvalue weighted by atomic mass is 28.2. The molecule has 0 rings (SSSR count). The van der Waals surface area contributed by atoms with Gasteiger partial charge in [0.2, 0.25) is 0 Å². The van der Waals surface area contributed by atoms with Gasteiger partial charge >= 0.3 is 0 Å². The van der Waals surface area contributed by atoms with Crippen LogP contribution in [0.4, 0.5) is 0 Å². The van der Waals surface area contributed by atoms with Crippen molar-refractivity contribution in [1.82, 2.24) is 0 Å². The lowest BCUT2D eigenvalue weighted by Gasteiger charge is -2.05. The second-order valence-corrected chi connectivity index (χ2v) is 2.62. The van der Waals surface area contributed by atoms with Crippen LogP contribution in [-0.4, -0.2) is 28.8 Å². The van der Waals surface area contributed by atoms with E-state index in [2.05, 4.69) is 4.43 Å². The molecule has 6 heteroatoms. The van der Waals surface area contributed by atoms with Gasteiger partial charge in [-0.05, 0) is 11.3 Å². The van der Waals surface area contributed by atoms with Crippen LogP contribution in [0, 0.1) is 0 Å². The SMILES string of the molecule is CO[Si]/C(=C/C(=O)[O-])C(=O)[O-]. The maximum Gasteiger partial charge on any atom is 0.270 e. The van der Waals surface area contributed by atoms with Crippen molar-refractivity contribution in [3.05, 3.63) is 11.3 Å². The van der Waals surface area contributed by atoms with E-state index in [1.54, 1.807) is 0 Å². The highest BCUT2D eigenvalue weighted by Gasteiger charge is 1.99. The van der Waals surface area contributed by atoms with Crippen molar-refractivity contribution in [3.63, 3.8) is 0 Å². The summed E-state index contributed by atoms with van der Waals surface area (Å²) in [6, 6.07) is 0. The summed E-state index contributed by atoms with van der Waals surface area (Å²) in [7, 11) is 0.712. The summed E-state index contributed by atoms with van der Waals surface area (Å²) in [6.07, 6.45) is 0.442. The molecule has 0 aliphatic rings. The lowest BCUT2D eigenvalue weighted by Crippen LogP contribution is -2.30. The maximum absolute atomic E-state index is 10.1. The first kappa shape index (κ1) is 9.86. The maximum atomic E-state index is 10.1.